The number of phenolic OH excluding ortho intramolecular Hbond substituents is 2. The summed E-state index contributed by atoms with van der Waals surface area (Å²) >= 11 is 0. The minimum atomic E-state index is 0. The van der Waals surface area contributed by atoms with Crippen LogP contribution in [0, 0.1) is 0 Å². The normalized spacial score (nSPS) is 17.4. The average molecular weight is 295 g/mol. The monoisotopic (exact) mass is 294 g/mol. The maximum atomic E-state index is 9.78. The van der Waals surface area contributed by atoms with Crippen molar-refractivity contribution < 1.29 is 10.2 Å². The number of phenols is 2. The van der Waals surface area contributed by atoms with Crippen LogP contribution in [0.2, 0.25) is 0 Å². The summed E-state index contributed by atoms with van der Waals surface area (Å²) < 4.78 is 0. The fourth-order valence-electron chi connectivity index (χ4n) is 2.14. The highest BCUT2D eigenvalue weighted by Crippen LogP contribution is 2.31. The van der Waals surface area contributed by atoms with Crippen molar-refractivity contribution in [1.82, 2.24) is 10.2 Å². The predicted molar refractivity (Wildman–Crippen MR) is 77.1 cm³/mol. The van der Waals surface area contributed by atoms with Gasteiger partial charge in [-0.2, -0.15) is 0 Å². The van der Waals surface area contributed by atoms with E-state index >= 15 is 0 Å². The third-order valence-corrected chi connectivity index (χ3v) is 3.16. The molecule has 0 bridgehead atoms. The van der Waals surface area contributed by atoms with Crippen molar-refractivity contribution in [1.29, 1.82) is 0 Å². The number of nitrogens with one attached hydrogen (secondary N) is 1. The Labute approximate surface area is 120 Å². The van der Waals surface area contributed by atoms with Crippen LogP contribution in [0.15, 0.2) is 18.2 Å². The molecule has 4 nitrogen and oxygen atoms in total. The molecule has 1 fully saturated rings. The summed E-state index contributed by atoms with van der Waals surface area (Å²) in [5.41, 5.74) is 0.793. The van der Waals surface area contributed by atoms with Crippen LogP contribution in [-0.2, 0) is 0 Å². The van der Waals surface area contributed by atoms with Gasteiger partial charge in [-0.1, -0.05) is 0 Å². The predicted octanol–water partition coefficient (Wildman–Crippen LogP) is 1.91. The molecule has 1 aromatic carbocycles. The Balaban J connectivity index is 0.00000144. The van der Waals surface area contributed by atoms with Gasteiger partial charge in [0.2, 0.25) is 0 Å². The number of piperazine rings is 1. The zero-order valence-electron chi connectivity index (χ0n) is 10.3. The third-order valence-electron chi connectivity index (χ3n) is 3.16. The van der Waals surface area contributed by atoms with Gasteiger partial charge in [-0.05, 0) is 25.1 Å². The van der Waals surface area contributed by atoms with Gasteiger partial charge in [-0.25, -0.2) is 0 Å². The van der Waals surface area contributed by atoms with Crippen LogP contribution >= 0.6 is 24.8 Å². The van der Waals surface area contributed by atoms with Gasteiger partial charge in [0.1, 0.15) is 11.5 Å². The van der Waals surface area contributed by atoms with E-state index in [0.717, 1.165) is 31.7 Å². The summed E-state index contributed by atoms with van der Waals surface area (Å²) in [6.07, 6.45) is 0. The molecule has 1 aromatic rings. The molecule has 0 aromatic heterocycles. The summed E-state index contributed by atoms with van der Waals surface area (Å²) in [4.78, 5) is 2.30. The van der Waals surface area contributed by atoms with Crippen molar-refractivity contribution in [2.75, 3.05) is 26.2 Å². The maximum Gasteiger partial charge on any atom is 0.120 e. The number of nitrogens with zero attached hydrogens (tertiary/aromatic N) is 1. The lowest BCUT2D eigenvalue weighted by Gasteiger charge is -2.33. The number of hydrogen-bond acceptors (Lipinski definition) is 4. The van der Waals surface area contributed by atoms with Gasteiger partial charge >= 0.3 is 0 Å². The second-order valence-electron chi connectivity index (χ2n) is 4.21. The molecule has 0 saturated carbocycles. The van der Waals surface area contributed by atoms with Crippen molar-refractivity contribution in [3.8, 4) is 11.5 Å². The number of hydrogen-bond donors (Lipinski definition) is 3. The molecule has 0 unspecified atom stereocenters. The SMILES string of the molecule is C[C@H](c1cc(O)ccc1O)N1CCNCC1.Cl.Cl. The van der Waals surface area contributed by atoms with Crippen LogP contribution in [-0.4, -0.2) is 41.3 Å². The first-order chi connectivity index (χ1) is 7.68. The number of aromatic hydroxyl groups is 2. The molecular weight excluding hydrogens is 275 g/mol. The highest BCUT2D eigenvalue weighted by molar-refractivity contribution is 5.85. The Hall–Kier alpha value is -0.680. The number of rotatable bonds is 2. The molecule has 0 aliphatic carbocycles. The van der Waals surface area contributed by atoms with Crippen molar-refractivity contribution in [2.45, 2.75) is 13.0 Å². The average Bonchev–Trinajstić information content (AvgIpc) is 2.32. The largest absolute Gasteiger partial charge is 0.508 e. The van der Waals surface area contributed by atoms with Gasteiger partial charge in [-0.3, -0.25) is 4.90 Å². The second kappa shape index (κ2) is 7.69. The van der Waals surface area contributed by atoms with E-state index < -0.39 is 0 Å². The number of benzene rings is 1. The lowest BCUT2D eigenvalue weighted by atomic mass is 10.0. The molecule has 18 heavy (non-hydrogen) atoms. The van der Waals surface area contributed by atoms with Crippen molar-refractivity contribution in [3.05, 3.63) is 23.8 Å². The van der Waals surface area contributed by atoms with Crippen LogP contribution in [0.4, 0.5) is 0 Å². The molecule has 0 spiro atoms. The summed E-state index contributed by atoms with van der Waals surface area (Å²) in [5.74, 6) is 0.457. The van der Waals surface area contributed by atoms with Gasteiger partial charge in [0.15, 0.2) is 0 Å². The molecular formula is C12H20Cl2N2O2. The summed E-state index contributed by atoms with van der Waals surface area (Å²) in [5, 5.41) is 22.5. The van der Waals surface area contributed by atoms with E-state index in [1.54, 1.807) is 12.1 Å². The number of halogens is 2. The second-order valence-corrected chi connectivity index (χ2v) is 4.21. The minimum Gasteiger partial charge on any atom is -0.508 e. The van der Waals surface area contributed by atoms with Crippen LogP contribution in [0.1, 0.15) is 18.5 Å². The van der Waals surface area contributed by atoms with Crippen molar-refractivity contribution in [3.63, 3.8) is 0 Å². The minimum absolute atomic E-state index is 0. The maximum absolute atomic E-state index is 9.78. The molecule has 1 saturated heterocycles. The first-order valence-electron chi connectivity index (χ1n) is 5.65. The zero-order valence-corrected chi connectivity index (χ0v) is 11.9. The van der Waals surface area contributed by atoms with Crippen LogP contribution in [0.5, 0.6) is 11.5 Å². The van der Waals surface area contributed by atoms with E-state index in [4.69, 9.17) is 0 Å². The van der Waals surface area contributed by atoms with Crippen LogP contribution < -0.4 is 5.32 Å². The van der Waals surface area contributed by atoms with Gasteiger partial charge in [0, 0.05) is 37.8 Å². The van der Waals surface area contributed by atoms with E-state index in [1.165, 1.54) is 6.07 Å². The molecule has 6 heteroatoms. The fraction of sp³-hybridized carbons (Fsp3) is 0.500. The Morgan fingerprint density at radius 3 is 2.39 bits per heavy atom. The Morgan fingerprint density at radius 1 is 1.17 bits per heavy atom. The smallest absolute Gasteiger partial charge is 0.120 e. The quantitative estimate of drug-likeness (QED) is 0.730. The van der Waals surface area contributed by atoms with E-state index in [0.29, 0.717) is 0 Å². The van der Waals surface area contributed by atoms with E-state index in [9.17, 15) is 10.2 Å². The molecule has 2 rings (SSSR count). The highest BCUT2D eigenvalue weighted by Gasteiger charge is 2.20. The van der Waals surface area contributed by atoms with Crippen molar-refractivity contribution in [2.24, 2.45) is 0 Å². The van der Waals surface area contributed by atoms with E-state index in [2.05, 4.69) is 17.1 Å². The van der Waals surface area contributed by atoms with Crippen LogP contribution in [0.3, 0.4) is 0 Å². The first kappa shape index (κ1) is 17.3. The molecule has 1 aliphatic heterocycles. The standard InChI is InChI=1S/C12H18N2O2.2ClH/c1-9(14-6-4-13-5-7-14)11-8-10(15)2-3-12(11)16;;/h2-3,8-9,13,15-16H,4-7H2,1H3;2*1H/t9-;;/m1../s1. The fourth-order valence-corrected chi connectivity index (χ4v) is 2.14. The van der Waals surface area contributed by atoms with Gasteiger partial charge in [0.25, 0.3) is 0 Å². The molecule has 3 N–H and O–H groups in total. The third kappa shape index (κ3) is 3.92. The summed E-state index contributed by atoms with van der Waals surface area (Å²) in [7, 11) is 0. The van der Waals surface area contributed by atoms with Crippen molar-refractivity contribution >= 4 is 24.8 Å². The summed E-state index contributed by atoms with van der Waals surface area (Å²) in [6.45, 7) is 5.94. The van der Waals surface area contributed by atoms with E-state index in [-0.39, 0.29) is 42.4 Å². The summed E-state index contributed by atoms with van der Waals surface area (Å²) in [6, 6.07) is 4.82. The highest BCUT2D eigenvalue weighted by atomic mass is 35.5. The molecule has 104 valence electrons. The van der Waals surface area contributed by atoms with E-state index in [1.807, 2.05) is 0 Å². The molecule has 1 aliphatic rings. The Kier molecular flexibility index (Phi) is 7.40. The Bertz CT molecular complexity index is 371. The zero-order chi connectivity index (χ0) is 11.5. The molecule has 0 amide bonds. The van der Waals surface area contributed by atoms with Gasteiger partial charge < -0.3 is 15.5 Å². The molecule has 1 atom stereocenters. The van der Waals surface area contributed by atoms with Gasteiger partial charge in [-0.15, -0.1) is 24.8 Å². The van der Waals surface area contributed by atoms with Gasteiger partial charge in [0.05, 0.1) is 0 Å². The molecule has 0 radical (unpaired) electrons. The lowest BCUT2D eigenvalue weighted by Crippen LogP contribution is -2.44. The Morgan fingerprint density at radius 2 is 1.78 bits per heavy atom. The first-order valence-corrected chi connectivity index (χ1v) is 5.65. The topological polar surface area (TPSA) is 55.7 Å². The van der Waals surface area contributed by atoms with Crippen LogP contribution in [0.25, 0.3) is 0 Å². The molecule has 1 heterocycles. The lowest BCUT2D eigenvalue weighted by molar-refractivity contribution is 0.182.